The molecule has 0 unspecified atom stereocenters. The molecule has 0 N–H and O–H groups in total. The Kier molecular flexibility index (Phi) is 10.0. The third kappa shape index (κ3) is 7.03. The molecule has 0 radical (unpaired) electrons. The van der Waals surface area contributed by atoms with Crippen molar-refractivity contribution in [1.82, 2.24) is 0 Å². The molecule has 3 aliphatic rings. The SMILES string of the molecule is O=S(=O)(OS(c1ccc(C2CCCCC2)cc1)(c1ccc(C2CCCCC2)cc1)c1ccc(C2CCCCC2)cc1)C(F)(F)F. The molecular weight excluding hydrogens is 614 g/mol. The van der Waals surface area contributed by atoms with E-state index in [0.717, 1.165) is 93.7 Å². The lowest BCUT2D eigenvalue weighted by molar-refractivity contribution is -0.0496. The fourth-order valence-electron chi connectivity index (χ4n) is 7.80. The van der Waals surface area contributed by atoms with Crippen LogP contribution in [0.4, 0.5) is 13.2 Å². The zero-order valence-electron chi connectivity index (χ0n) is 25.9. The van der Waals surface area contributed by atoms with Crippen LogP contribution >= 0.6 is 10.3 Å². The van der Waals surface area contributed by atoms with Gasteiger partial charge >= 0.3 is 15.6 Å². The van der Waals surface area contributed by atoms with Crippen LogP contribution in [0, 0.1) is 0 Å². The van der Waals surface area contributed by atoms with Crippen LogP contribution in [-0.2, 0) is 13.7 Å². The summed E-state index contributed by atoms with van der Waals surface area (Å²) < 4.78 is 74.0. The molecule has 0 aliphatic heterocycles. The Morgan fingerprint density at radius 3 is 0.978 bits per heavy atom. The van der Waals surface area contributed by atoms with Gasteiger partial charge in [0.2, 0.25) is 0 Å². The van der Waals surface area contributed by atoms with Gasteiger partial charge in [-0.15, -0.1) is 0 Å². The number of hydrogen-bond acceptors (Lipinski definition) is 3. The van der Waals surface area contributed by atoms with Crippen LogP contribution in [0.3, 0.4) is 0 Å². The molecule has 3 aliphatic carbocycles. The number of benzene rings is 3. The van der Waals surface area contributed by atoms with Crippen LogP contribution in [0.2, 0.25) is 0 Å². The fraction of sp³-hybridized carbons (Fsp3) is 0.514. The average molecular weight is 659 g/mol. The summed E-state index contributed by atoms with van der Waals surface area (Å²) in [6.45, 7) is 0. The smallest absolute Gasteiger partial charge is 0.200 e. The Morgan fingerprint density at radius 2 is 0.733 bits per heavy atom. The summed E-state index contributed by atoms with van der Waals surface area (Å²) in [6.07, 6.45) is 17.1. The summed E-state index contributed by atoms with van der Waals surface area (Å²) in [7, 11) is -9.28. The monoisotopic (exact) mass is 658 g/mol. The summed E-state index contributed by atoms with van der Waals surface area (Å²) >= 11 is 0. The van der Waals surface area contributed by atoms with Gasteiger partial charge in [0.25, 0.3) is 0 Å². The molecule has 3 nitrogen and oxygen atoms in total. The van der Waals surface area contributed by atoms with Gasteiger partial charge in [0.05, 0.1) is 0 Å². The third-order valence-electron chi connectivity index (χ3n) is 10.3. The minimum absolute atomic E-state index is 0.404. The van der Waals surface area contributed by atoms with Gasteiger partial charge in [-0.1, -0.05) is 94.2 Å². The molecular formula is C37H45F3O3S2. The van der Waals surface area contributed by atoms with Crippen LogP contribution in [0.1, 0.15) is 131 Å². The molecule has 0 spiro atoms. The Labute approximate surface area is 268 Å². The minimum atomic E-state index is -5.95. The number of hydrogen-bond donors (Lipinski definition) is 0. The summed E-state index contributed by atoms with van der Waals surface area (Å²) in [6, 6.07) is 22.7. The second-order valence-electron chi connectivity index (χ2n) is 13.2. The van der Waals surface area contributed by atoms with Crippen molar-refractivity contribution in [2.24, 2.45) is 0 Å². The van der Waals surface area contributed by atoms with Crippen LogP contribution in [0.15, 0.2) is 87.5 Å². The molecule has 3 fully saturated rings. The lowest BCUT2D eigenvalue weighted by atomic mass is 9.84. The zero-order chi connectivity index (χ0) is 31.5. The average Bonchev–Trinajstić information content (AvgIpc) is 3.08. The lowest BCUT2D eigenvalue weighted by Gasteiger charge is -2.40. The van der Waals surface area contributed by atoms with Crippen LogP contribution in [0.5, 0.6) is 0 Å². The first-order valence-corrected chi connectivity index (χ1v) is 19.8. The van der Waals surface area contributed by atoms with Gasteiger partial charge < -0.3 is 0 Å². The normalized spacial score (nSPS) is 20.2. The lowest BCUT2D eigenvalue weighted by Crippen LogP contribution is -2.27. The number of halogens is 3. The van der Waals surface area contributed by atoms with E-state index in [1.54, 1.807) is 0 Å². The van der Waals surface area contributed by atoms with Gasteiger partial charge in [-0.05, 0) is 120 Å². The standard InChI is InChI=1S/C37H45F3O3S2/c38-37(39,40)45(41,42)43-44(34-22-16-31(17-23-34)28-10-4-1-5-11-28,35-24-18-32(19-25-35)29-12-6-2-7-13-29)36-26-20-33(21-27-36)30-14-8-3-9-15-30/h16-30H,1-15H2. The molecule has 3 saturated carbocycles. The summed E-state index contributed by atoms with van der Waals surface area (Å²) in [5, 5.41) is 0. The molecule has 3 aromatic carbocycles. The quantitative estimate of drug-likeness (QED) is 0.226. The van der Waals surface area contributed by atoms with E-state index in [1.807, 2.05) is 72.8 Å². The first-order chi connectivity index (χ1) is 21.7. The van der Waals surface area contributed by atoms with Gasteiger partial charge in [0.1, 0.15) is 0 Å². The Morgan fingerprint density at radius 1 is 0.467 bits per heavy atom. The second kappa shape index (κ2) is 13.8. The zero-order valence-corrected chi connectivity index (χ0v) is 27.6. The van der Waals surface area contributed by atoms with Crippen LogP contribution in [-0.4, -0.2) is 13.9 Å². The first kappa shape index (κ1) is 32.6. The van der Waals surface area contributed by atoms with E-state index in [0.29, 0.717) is 32.4 Å². The van der Waals surface area contributed by atoms with Gasteiger partial charge in [-0.3, -0.25) is 0 Å². The molecule has 0 heterocycles. The van der Waals surface area contributed by atoms with Gasteiger partial charge in [-0.2, -0.15) is 25.2 Å². The summed E-state index contributed by atoms with van der Waals surface area (Å²) in [5.74, 6) is 1.21. The molecule has 0 aromatic heterocycles. The molecule has 0 atom stereocenters. The van der Waals surface area contributed by atoms with E-state index >= 15 is 0 Å². The Bertz CT molecular complexity index is 1350. The van der Waals surface area contributed by atoms with Crippen molar-refractivity contribution in [3.8, 4) is 0 Å². The number of rotatable bonds is 8. The maximum Gasteiger partial charge on any atom is 0.524 e. The molecule has 0 bridgehead atoms. The van der Waals surface area contributed by atoms with Crippen molar-refractivity contribution < 1.29 is 25.2 Å². The van der Waals surface area contributed by atoms with Gasteiger partial charge in [-0.25, -0.2) is 0 Å². The molecule has 244 valence electrons. The van der Waals surface area contributed by atoms with Crippen molar-refractivity contribution in [2.45, 2.75) is 134 Å². The predicted octanol–water partition coefficient (Wildman–Crippen LogP) is 11.9. The van der Waals surface area contributed by atoms with Gasteiger partial charge in [0.15, 0.2) is 0 Å². The molecule has 6 rings (SSSR count). The Hall–Kier alpha value is -2.29. The van der Waals surface area contributed by atoms with E-state index in [-0.39, 0.29) is 0 Å². The summed E-state index contributed by atoms with van der Waals surface area (Å²) in [4.78, 5) is 1.35. The van der Waals surface area contributed by atoms with Crippen molar-refractivity contribution >= 4 is 20.4 Å². The third-order valence-corrected chi connectivity index (χ3v) is 15.2. The highest BCUT2D eigenvalue weighted by atomic mass is 32.3. The van der Waals surface area contributed by atoms with Crippen LogP contribution < -0.4 is 0 Å². The predicted molar refractivity (Wildman–Crippen MR) is 175 cm³/mol. The van der Waals surface area contributed by atoms with Crippen molar-refractivity contribution in [3.05, 3.63) is 89.5 Å². The van der Waals surface area contributed by atoms with E-state index in [1.165, 1.54) is 19.3 Å². The van der Waals surface area contributed by atoms with Crippen LogP contribution in [0.25, 0.3) is 0 Å². The fourth-order valence-corrected chi connectivity index (χ4v) is 12.5. The number of alkyl halides is 3. The van der Waals surface area contributed by atoms with E-state index < -0.39 is 25.9 Å². The molecule has 0 saturated heterocycles. The first-order valence-electron chi connectivity index (χ1n) is 16.8. The summed E-state index contributed by atoms with van der Waals surface area (Å²) in [5.41, 5.74) is -2.13. The van der Waals surface area contributed by atoms with Crippen molar-refractivity contribution in [2.75, 3.05) is 0 Å². The van der Waals surface area contributed by atoms with E-state index in [9.17, 15) is 21.6 Å². The highest BCUT2D eigenvalue weighted by Gasteiger charge is 2.52. The molecule has 0 amide bonds. The maximum absolute atomic E-state index is 14.1. The minimum Gasteiger partial charge on any atom is -0.200 e. The topological polar surface area (TPSA) is 43.4 Å². The molecule has 45 heavy (non-hydrogen) atoms. The highest BCUT2D eigenvalue weighted by Crippen LogP contribution is 2.71. The second-order valence-corrected chi connectivity index (χ2v) is 17.7. The van der Waals surface area contributed by atoms with E-state index in [4.69, 9.17) is 3.63 Å². The molecule has 8 heteroatoms. The van der Waals surface area contributed by atoms with E-state index in [2.05, 4.69) is 0 Å². The van der Waals surface area contributed by atoms with Crippen molar-refractivity contribution in [3.63, 3.8) is 0 Å². The molecule has 3 aromatic rings. The Balaban J connectivity index is 1.49. The largest absolute Gasteiger partial charge is 0.524 e. The van der Waals surface area contributed by atoms with Crippen molar-refractivity contribution in [1.29, 1.82) is 0 Å². The maximum atomic E-state index is 14.1. The van der Waals surface area contributed by atoms with Gasteiger partial charge in [0, 0.05) is 14.7 Å². The highest BCUT2D eigenvalue weighted by molar-refractivity contribution is 8.33.